The van der Waals surface area contributed by atoms with Gasteiger partial charge in [-0.15, -0.1) is 0 Å². The first-order valence-corrected chi connectivity index (χ1v) is 11.7. The highest BCUT2D eigenvalue weighted by atomic mass is 19.1. The molecule has 11 heteroatoms. The summed E-state index contributed by atoms with van der Waals surface area (Å²) in [6.07, 6.45) is 3.10. The molecule has 0 aliphatic rings. The zero-order chi connectivity index (χ0) is 25.2. The molecule has 0 atom stereocenters. The Balaban J connectivity index is 1.32. The second-order valence-corrected chi connectivity index (χ2v) is 8.07. The van der Waals surface area contributed by atoms with Crippen LogP contribution in [0.2, 0.25) is 0 Å². The largest absolute Gasteiger partial charge is 0.493 e. The van der Waals surface area contributed by atoms with Crippen LogP contribution >= 0.6 is 0 Å². The number of halogens is 1. The number of anilines is 3. The van der Waals surface area contributed by atoms with Gasteiger partial charge in [0.15, 0.2) is 5.82 Å². The van der Waals surface area contributed by atoms with Crippen LogP contribution < -0.4 is 20.7 Å². The number of hydrogen-bond acceptors (Lipinski definition) is 8. The predicted molar refractivity (Wildman–Crippen MR) is 135 cm³/mol. The maximum Gasteiger partial charge on any atom is 0.230 e. The van der Waals surface area contributed by atoms with Crippen molar-refractivity contribution in [3.63, 3.8) is 0 Å². The van der Waals surface area contributed by atoms with Gasteiger partial charge in [-0.25, -0.2) is 14.4 Å². The third-order valence-electron chi connectivity index (χ3n) is 5.22. The van der Waals surface area contributed by atoms with Gasteiger partial charge in [-0.3, -0.25) is 9.89 Å². The number of aliphatic hydroxyl groups excluding tert-OH is 1. The first-order valence-electron chi connectivity index (χ1n) is 11.7. The van der Waals surface area contributed by atoms with E-state index in [2.05, 4.69) is 36.1 Å². The van der Waals surface area contributed by atoms with Crippen LogP contribution in [0, 0.1) is 5.82 Å². The molecule has 188 valence electrons. The van der Waals surface area contributed by atoms with E-state index in [4.69, 9.17) is 9.84 Å². The highest BCUT2D eigenvalue weighted by Crippen LogP contribution is 2.26. The summed E-state index contributed by atoms with van der Waals surface area (Å²) < 4.78 is 19.1. The van der Waals surface area contributed by atoms with E-state index in [1.165, 1.54) is 24.5 Å². The van der Waals surface area contributed by atoms with Gasteiger partial charge in [0.2, 0.25) is 5.91 Å². The predicted octanol–water partition coefficient (Wildman–Crippen LogP) is 3.16. The number of benzene rings is 2. The number of amides is 1. The van der Waals surface area contributed by atoms with Crippen molar-refractivity contribution in [3.8, 4) is 5.75 Å². The number of nitrogens with one attached hydrogen (secondary N) is 4. The number of carbonyl (C=O) groups is 1. The van der Waals surface area contributed by atoms with Crippen molar-refractivity contribution < 1.29 is 19.0 Å². The molecule has 0 fully saturated rings. The summed E-state index contributed by atoms with van der Waals surface area (Å²) in [6.45, 7) is 2.37. The van der Waals surface area contributed by atoms with Crippen molar-refractivity contribution in [1.29, 1.82) is 0 Å². The molecule has 2 heterocycles. The molecule has 4 rings (SSSR count). The molecule has 0 saturated heterocycles. The minimum absolute atomic E-state index is 0.0490. The fourth-order valence-corrected chi connectivity index (χ4v) is 3.52. The van der Waals surface area contributed by atoms with Gasteiger partial charge in [0.05, 0.1) is 18.5 Å². The molecule has 0 spiro atoms. The molecule has 5 N–H and O–H groups in total. The fraction of sp³-hybridized carbons (Fsp3) is 0.280. The molecule has 0 unspecified atom stereocenters. The number of nitrogens with zero attached hydrogens (tertiary/aromatic N) is 3. The molecule has 0 radical (unpaired) electrons. The minimum atomic E-state index is -0.417. The normalized spacial score (nSPS) is 10.9. The monoisotopic (exact) mass is 493 g/mol. The van der Waals surface area contributed by atoms with Crippen LogP contribution in [0.25, 0.3) is 10.9 Å². The fourth-order valence-electron chi connectivity index (χ4n) is 3.52. The topological polar surface area (TPSA) is 137 Å². The highest BCUT2D eigenvalue weighted by Gasteiger charge is 2.11. The summed E-state index contributed by atoms with van der Waals surface area (Å²) in [5, 5.41) is 25.7. The van der Waals surface area contributed by atoms with Crippen molar-refractivity contribution in [2.24, 2.45) is 0 Å². The summed E-state index contributed by atoms with van der Waals surface area (Å²) in [7, 11) is 0. The quantitative estimate of drug-likeness (QED) is 0.179. The van der Waals surface area contributed by atoms with E-state index in [1.807, 2.05) is 18.2 Å². The number of fused-ring (bicyclic) bond motifs is 1. The van der Waals surface area contributed by atoms with Crippen LogP contribution in [0.3, 0.4) is 0 Å². The van der Waals surface area contributed by atoms with E-state index in [1.54, 1.807) is 12.1 Å². The number of H-pyrrole nitrogens is 1. The van der Waals surface area contributed by atoms with Crippen molar-refractivity contribution in [2.45, 2.75) is 19.3 Å². The van der Waals surface area contributed by atoms with E-state index >= 15 is 0 Å². The lowest BCUT2D eigenvalue weighted by Gasteiger charge is -2.09. The number of carbonyl (C=O) groups excluding carboxylic acids is 1. The van der Waals surface area contributed by atoms with E-state index < -0.39 is 5.82 Å². The molecule has 0 bridgehead atoms. The molecule has 36 heavy (non-hydrogen) atoms. The second kappa shape index (κ2) is 12.6. The van der Waals surface area contributed by atoms with Crippen LogP contribution in [0.15, 0.2) is 54.9 Å². The van der Waals surface area contributed by atoms with Crippen LogP contribution in [-0.4, -0.2) is 57.5 Å². The van der Waals surface area contributed by atoms with Gasteiger partial charge >= 0.3 is 0 Å². The molecule has 0 saturated carbocycles. The summed E-state index contributed by atoms with van der Waals surface area (Å²) in [5.41, 5.74) is 1.70. The number of hydrogen-bond donors (Lipinski definition) is 5. The zero-order valence-electron chi connectivity index (χ0n) is 19.6. The molecule has 4 aromatic rings. The lowest BCUT2D eigenvalue weighted by atomic mass is 10.2. The summed E-state index contributed by atoms with van der Waals surface area (Å²) in [6, 6.07) is 13.0. The Morgan fingerprint density at radius 1 is 1.08 bits per heavy atom. The number of ether oxygens (including phenoxy) is 1. The van der Waals surface area contributed by atoms with E-state index in [-0.39, 0.29) is 18.9 Å². The van der Waals surface area contributed by atoms with Crippen LogP contribution in [0.4, 0.5) is 21.7 Å². The maximum atomic E-state index is 13.3. The second-order valence-electron chi connectivity index (χ2n) is 8.07. The first kappa shape index (κ1) is 25.0. The zero-order valence-corrected chi connectivity index (χ0v) is 19.6. The van der Waals surface area contributed by atoms with Crippen LogP contribution in [-0.2, 0) is 11.2 Å². The average Bonchev–Trinajstić information content (AvgIpc) is 3.30. The first-order chi connectivity index (χ1) is 17.6. The summed E-state index contributed by atoms with van der Waals surface area (Å²) in [4.78, 5) is 20.9. The summed E-state index contributed by atoms with van der Waals surface area (Å²) in [5.74, 6) is 1.07. The van der Waals surface area contributed by atoms with E-state index in [0.29, 0.717) is 35.4 Å². The van der Waals surface area contributed by atoms with Crippen molar-refractivity contribution in [3.05, 3.63) is 66.4 Å². The van der Waals surface area contributed by atoms with E-state index in [9.17, 15) is 9.18 Å². The Morgan fingerprint density at radius 3 is 2.83 bits per heavy atom. The lowest BCUT2D eigenvalue weighted by molar-refractivity contribution is -0.115. The molecule has 2 aromatic carbocycles. The van der Waals surface area contributed by atoms with Gasteiger partial charge in [-0.2, -0.15) is 5.10 Å². The minimum Gasteiger partial charge on any atom is -0.493 e. The molecule has 0 aliphatic carbocycles. The summed E-state index contributed by atoms with van der Waals surface area (Å²) >= 11 is 0. The number of rotatable bonds is 13. The van der Waals surface area contributed by atoms with E-state index in [0.717, 1.165) is 36.8 Å². The van der Waals surface area contributed by atoms with Gasteiger partial charge in [0.25, 0.3) is 0 Å². The number of aromatic nitrogens is 4. The van der Waals surface area contributed by atoms with Crippen molar-refractivity contribution in [2.75, 3.05) is 36.9 Å². The Bertz CT molecular complexity index is 1300. The molecule has 0 aliphatic heterocycles. The molecule has 2 aromatic heterocycles. The van der Waals surface area contributed by atoms with Crippen molar-refractivity contribution >= 4 is 34.1 Å². The van der Waals surface area contributed by atoms with Crippen LogP contribution in [0.5, 0.6) is 5.75 Å². The van der Waals surface area contributed by atoms with Gasteiger partial charge in [-0.05, 0) is 56.3 Å². The smallest absolute Gasteiger partial charge is 0.230 e. The SMILES string of the molecule is O=C(Cc1cc(Nc2ncnc3cc(OCCCNCCCO)ccc23)n[nH]1)Nc1cccc(F)c1. The molecule has 10 nitrogen and oxygen atoms in total. The molecule has 1 amide bonds. The highest BCUT2D eigenvalue weighted by molar-refractivity contribution is 5.93. The number of aliphatic hydroxyl groups is 1. The van der Waals surface area contributed by atoms with Gasteiger partial charge in [-0.1, -0.05) is 6.07 Å². The Kier molecular flexibility index (Phi) is 8.73. The van der Waals surface area contributed by atoms with Gasteiger partial charge < -0.3 is 25.8 Å². The Morgan fingerprint density at radius 2 is 1.97 bits per heavy atom. The van der Waals surface area contributed by atoms with Gasteiger partial charge in [0.1, 0.15) is 23.7 Å². The van der Waals surface area contributed by atoms with Gasteiger partial charge in [0, 0.05) is 35.5 Å². The maximum absolute atomic E-state index is 13.3. The molecular formula is C25H28FN7O3. The van der Waals surface area contributed by atoms with Crippen LogP contribution in [0.1, 0.15) is 18.5 Å². The third-order valence-corrected chi connectivity index (χ3v) is 5.22. The number of aromatic amines is 1. The lowest BCUT2D eigenvalue weighted by Crippen LogP contribution is -2.19. The standard InChI is InChI=1S/C25H28FN7O3/c26-17-4-1-5-18(12-17)30-24(35)14-19-13-23(33-32-19)31-25-21-7-6-20(15-22(21)28-16-29-25)36-11-3-9-27-8-2-10-34/h1,4-7,12-13,15-16,27,34H,2-3,8-11,14H2,(H,30,35)(H2,28,29,31,32,33). The third kappa shape index (κ3) is 7.20. The Hall–Kier alpha value is -4.09. The Labute approximate surface area is 207 Å². The molecular weight excluding hydrogens is 465 g/mol. The van der Waals surface area contributed by atoms with Crippen molar-refractivity contribution in [1.82, 2.24) is 25.5 Å². The average molecular weight is 494 g/mol.